The Balaban J connectivity index is 1.41. The van der Waals surface area contributed by atoms with Crippen molar-refractivity contribution < 1.29 is 18.7 Å². The van der Waals surface area contributed by atoms with Crippen LogP contribution in [0.2, 0.25) is 0 Å². The Kier molecular flexibility index (Phi) is 9.42. The molecule has 0 atom stereocenters. The van der Waals surface area contributed by atoms with Gasteiger partial charge in [0, 0.05) is 18.0 Å². The van der Waals surface area contributed by atoms with Crippen molar-refractivity contribution in [3.8, 4) is 23.0 Å². The zero-order valence-corrected chi connectivity index (χ0v) is 25.6. The number of nitrogens with one attached hydrogen (secondary N) is 1. The smallest absolute Gasteiger partial charge is 0.252 e. The van der Waals surface area contributed by atoms with Crippen LogP contribution in [-0.2, 0) is 6.42 Å². The number of amides is 1. The first-order valence-electron chi connectivity index (χ1n) is 14.8. The number of aromatic nitrogens is 1. The van der Waals surface area contributed by atoms with E-state index in [1.807, 2.05) is 61.5 Å². The number of ether oxygens (including phenoxy) is 2. The van der Waals surface area contributed by atoms with Gasteiger partial charge in [0.1, 0.15) is 34.2 Å². The van der Waals surface area contributed by atoms with E-state index in [2.05, 4.69) is 52.9 Å². The number of para-hydroxylation sites is 1. The lowest BCUT2D eigenvalue weighted by Crippen LogP contribution is -2.28. The highest BCUT2D eigenvalue weighted by Gasteiger charge is 2.22. The summed E-state index contributed by atoms with van der Waals surface area (Å²) < 4.78 is 18.5. The van der Waals surface area contributed by atoms with Crippen molar-refractivity contribution in [2.45, 2.75) is 91.8 Å². The molecule has 1 amide bonds. The number of furan rings is 1. The van der Waals surface area contributed by atoms with E-state index in [9.17, 15) is 4.79 Å². The molecule has 2 heterocycles. The molecule has 0 aliphatic heterocycles. The highest BCUT2D eigenvalue weighted by molar-refractivity contribution is 6.07. The van der Waals surface area contributed by atoms with Crippen molar-refractivity contribution >= 4 is 16.8 Å². The second-order valence-corrected chi connectivity index (χ2v) is 11.9. The molecule has 218 valence electrons. The predicted octanol–water partition coefficient (Wildman–Crippen LogP) is 8.69. The van der Waals surface area contributed by atoms with Gasteiger partial charge in [-0.05, 0) is 103 Å². The number of carbonyl (C=O) groups is 1. The van der Waals surface area contributed by atoms with Crippen molar-refractivity contribution in [1.82, 2.24) is 10.3 Å². The number of pyridine rings is 1. The van der Waals surface area contributed by atoms with Crippen LogP contribution >= 0.6 is 0 Å². The molecule has 0 aliphatic carbocycles. The molecule has 0 unspecified atom stereocenters. The standard InChI is InChI=1S/C35H44N2O4/c1-8-34(4,5)40-26-19-18-25(32(22-26)41-35(6,7)9-2)14-12-13-21-36-33(38)28-23-30(31-20-17-24(3)39-31)37-29-16-11-10-15-27(28)29/h10-11,15-20,22-23H,8-9,12-14,21H2,1-7H3,(H,36,38). The van der Waals surface area contributed by atoms with Gasteiger partial charge in [-0.15, -0.1) is 0 Å². The van der Waals surface area contributed by atoms with Gasteiger partial charge in [0.25, 0.3) is 5.91 Å². The summed E-state index contributed by atoms with van der Waals surface area (Å²) in [5, 5.41) is 3.94. The van der Waals surface area contributed by atoms with E-state index in [4.69, 9.17) is 18.9 Å². The van der Waals surface area contributed by atoms with E-state index in [0.717, 1.165) is 65.8 Å². The number of carbonyl (C=O) groups excluding carboxylic acids is 1. The third-order valence-electron chi connectivity index (χ3n) is 7.63. The number of rotatable bonds is 13. The summed E-state index contributed by atoms with van der Waals surface area (Å²) in [4.78, 5) is 18.0. The molecule has 1 N–H and O–H groups in total. The highest BCUT2D eigenvalue weighted by Crippen LogP contribution is 2.32. The molecule has 4 aromatic rings. The monoisotopic (exact) mass is 556 g/mol. The molecule has 0 saturated heterocycles. The fraction of sp³-hybridized carbons (Fsp3) is 0.429. The Bertz CT molecular complexity index is 1480. The summed E-state index contributed by atoms with van der Waals surface area (Å²) in [7, 11) is 0. The SMILES string of the molecule is CCC(C)(C)Oc1ccc(CCCCNC(=O)c2cc(-c3ccc(C)o3)nc3ccccc23)c(OC(C)(C)CC)c1. The number of hydrogen-bond donors (Lipinski definition) is 1. The first-order valence-corrected chi connectivity index (χ1v) is 14.8. The van der Waals surface area contributed by atoms with Crippen LogP contribution in [-0.4, -0.2) is 28.6 Å². The minimum Gasteiger partial charge on any atom is -0.488 e. The molecule has 4 rings (SSSR count). The number of benzene rings is 2. The van der Waals surface area contributed by atoms with Crippen molar-refractivity contribution in [1.29, 1.82) is 0 Å². The summed E-state index contributed by atoms with van der Waals surface area (Å²) in [5.41, 5.74) is 2.65. The lowest BCUT2D eigenvalue weighted by Gasteiger charge is -2.29. The van der Waals surface area contributed by atoms with Crippen LogP contribution in [0.15, 0.2) is 65.1 Å². The van der Waals surface area contributed by atoms with Crippen molar-refractivity contribution in [3.05, 3.63) is 77.6 Å². The molecular weight excluding hydrogens is 512 g/mol. The third kappa shape index (κ3) is 7.90. The molecule has 2 aromatic heterocycles. The molecule has 6 heteroatoms. The summed E-state index contributed by atoms with van der Waals surface area (Å²) in [6.07, 6.45) is 4.42. The van der Waals surface area contributed by atoms with Crippen LogP contribution in [0.25, 0.3) is 22.4 Å². The molecule has 0 radical (unpaired) electrons. The van der Waals surface area contributed by atoms with Crippen LogP contribution in [0.4, 0.5) is 0 Å². The van der Waals surface area contributed by atoms with E-state index in [0.29, 0.717) is 23.6 Å². The number of fused-ring (bicyclic) bond motifs is 1. The maximum Gasteiger partial charge on any atom is 0.252 e. The quantitative estimate of drug-likeness (QED) is 0.167. The lowest BCUT2D eigenvalue weighted by atomic mass is 10.0. The molecule has 0 aliphatic rings. The summed E-state index contributed by atoms with van der Waals surface area (Å²) in [6.45, 7) is 15.1. The number of unbranched alkanes of at least 4 members (excludes halogenated alkanes) is 1. The van der Waals surface area contributed by atoms with Crippen LogP contribution < -0.4 is 14.8 Å². The van der Waals surface area contributed by atoms with Gasteiger partial charge in [-0.25, -0.2) is 4.98 Å². The topological polar surface area (TPSA) is 73.6 Å². The highest BCUT2D eigenvalue weighted by atomic mass is 16.5. The zero-order chi connectivity index (χ0) is 29.6. The molecular formula is C35H44N2O4. The number of aryl methyl sites for hydroxylation is 2. The third-order valence-corrected chi connectivity index (χ3v) is 7.63. The summed E-state index contributed by atoms with van der Waals surface area (Å²) >= 11 is 0. The van der Waals surface area contributed by atoms with Crippen LogP contribution in [0.5, 0.6) is 11.5 Å². The van der Waals surface area contributed by atoms with E-state index < -0.39 is 0 Å². The van der Waals surface area contributed by atoms with E-state index in [1.165, 1.54) is 0 Å². The number of hydrogen-bond acceptors (Lipinski definition) is 5. The largest absolute Gasteiger partial charge is 0.488 e. The Morgan fingerprint density at radius 1 is 0.902 bits per heavy atom. The van der Waals surface area contributed by atoms with Crippen molar-refractivity contribution in [2.75, 3.05) is 6.54 Å². The predicted molar refractivity (Wildman–Crippen MR) is 166 cm³/mol. The maximum absolute atomic E-state index is 13.3. The first kappa shape index (κ1) is 30.2. The van der Waals surface area contributed by atoms with Crippen molar-refractivity contribution in [3.63, 3.8) is 0 Å². The van der Waals surface area contributed by atoms with Crippen LogP contribution in [0, 0.1) is 6.92 Å². The average molecular weight is 557 g/mol. The fourth-order valence-electron chi connectivity index (χ4n) is 4.46. The summed E-state index contributed by atoms with van der Waals surface area (Å²) in [6, 6.07) is 19.5. The van der Waals surface area contributed by atoms with Gasteiger partial charge in [0.05, 0.1) is 11.1 Å². The van der Waals surface area contributed by atoms with Crippen LogP contribution in [0.3, 0.4) is 0 Å². The second-order valence-electron chi connectivity index (χ2n) is 11.9. The molecule has 0 fully saturated rings. The minimum absolute atomic E-state index is 0.109. The van der Waals surface area contributed by atoms with Crippen molar-refractivity contribution in [2.24, 2.45) is 0 Å². The Hall–Kier alpha value is -3.80. The lowest BCUT2D eigenvalue weighted by molar-refractivity contribution is 0.0942. The zero-order valence-electron chi connectivity index (χ0n) is 25.6. The molecule has 0 saturated carbocycles. The normalized spacial score (nSPS) is 12.0. The van der Waals surface area contributed by atoms with E-state index >= 15 is 0 Å². The Morgan fingerprint density at radius 3 is 2.34 bits per heavy atom. The molecule has 2 aromatic carbocycles. The van der Waals surface area contributed by atoms with Crippen LogP contribution in [0.1, 0.15) is 88.9 Å². The molecule has 0 spiro atoms. The molecule has 41 heavy (non-hydrogen) atoms. The van der Waals surface area contributed by atoms with E-state index in [-0.39, 0.29) is 17.1 Å². The summed E-state index contributed by atoms with van der Waals surface area (Å²) in [5.74, 6) is 3.04. The Labute approximate surface area is 244 Å². The second kappa shape index (κ2) is 12.8. The van der Waals surface area contributed by atoms with Gasteiger partial charge < -0.3 is 19.2 Å². The molecule has 0 bridgehead atoms. The fourth-order valence-corrected chi connectivity index (χ4v) is 4.46. The Morgan fingerprint density at radius 2 is 1.63 bits per heavy atom. The van der Waals surface area contributed by atoms with E-state index in [1.54, 1.807) is 0 Å². The maximum atomic E-state index is 13.3. The van der Waals surface area contributed by atoms with Gasteiger partial charge in [-0.2, -0.15) is 0 Å². The first-order chi connectivity index (χ1) is 19.5. The van der Waals surface area contributed by atoms with Gasteiger partial charge in [0.15, 0.2) is 5.76 Å². The molecule has 6 nitrogen and oxygen atoms in total. The van der Waals surface area contributed by atoms with Gasteiger partial charge >= 0.3 is 0 Å². The number of nitrogens with zero attached hydrogens (tertiary/aromatic N) is 1. The van der Waals surface area contributed by atoms with Gasteiger partial charge in [-0.1, -0.05) is 38.1 Å². The van der Waals surface area contributed by atoms with Gasteiger partial charge in [0.2, 0.25) is 0 Å². The average Bonchev–Trinajstić information content (AvgIpc) is 3.39. The van der Waals surface area contributed by atoms with Gasteiger partial charge in [-0.3, -0.25) is 4.79 Å². The minimum atomic E-state index is -0.276.